The van der Waals surface area contributed by atoms with Crippen LogP contribution in [0.15, 0.2) is 23.6 Å². The van der Waals surface area contributed by atoms with Crippen LogP contribution in [0.5, 0.6) is 0 Å². The summed E-state index contributed by atoms with van der Waals surface area (Å²) in [6.45, 7) is 1.26. The van der Waals surface area contributed by atoms with Crippen LogP contribution in [-0.4, -0.2) is 28.7 Å². The largest absolute Gasteiger partial charge is 0.367 e. The van der Waals surface area contributed by atoms with Crippen molar-refractivity contribution in [3.05, 3.63) is 38.7 Å². The minimum absolute atomic E-state index is 0.423. The number of thiazole rings is 1. The molecule has 1 aromatic heterocycles. The van der Waals surface area contributed by atoms with Crippen molar-refractivity contribution >= 4 is 23.1 Å². The molecule has 0 aliphatic carbocycles. The lowest BCUT2D eigenvalue weighted by molar-refractivity contribution is -0.404. The third-order valence-electron chi connectivity index (χ3n) is 2.32. The summed E-state index contributed by atoms with van der Waals surface area (Å²) in [5.74, 6) is 4.67. The van der Waals surface area contributed by atoms with E-state index in [4.69, 9.17) is 6.42 Å². The van der Waals surface area contributed by atoms with Crippen molar-refractivity contribution in [1.29, 1.82) is 0 Å². The van der Waals surface area contributed by atoms with Crippen molar-refractivity contribution in [3.63, 3.8) is 0 Å². The number of aromatic nitrogens is 1. The fourth-order valence-electron chi connectivity index (χ4n) is 1.41. The molecule has 114 valence electrons. The maximum atomic E-state index is 10.5. The van der Waals surface area contributed by atoms with Gasteiger partial charge in [0.25, 0.3) is 6.20 Å². The second-order valence-corrected chi connectivity index (χ2v) is 6.05. The van der Waals surface area contributed by atoms with E-state index in [-0.39, 0.29) is 0 Å². The second-order valence-electron chi connectivity index (χ2n) is 3.97. The standard InChI is InChI=1S/C13H18N4O2S2/c1-2-3-4-5-14-12(10-17(18)19)15-6-8-20-11-13-16-7-9-21-13/h1,7,9-10,14-15H,3-6,8,11H2/b12-10-. The van der Waals surface area contributed by atoms with Crippen LogP contribution >= 0.6 is 23.1 Å². The van der Waals surface area contributed by atoms with Gasteiger partial charge in [0.15, 0.2) is 5.82 Å². The molecule has 0 amide bonds. The van der Waals surface area contributed by atoms with Gasteiger partial charge < -0.3 is 10.6 Å². The van der Waals surface area contributed by atoms with E-state index in [1.54, 1.807) is 29.3 Å². The summed E-state index contributed by atoms with van der Waals surface area (Å²) in [5.41, 5.74) is 0. The predicted octanol–water partition coefficient (Wildman–Crippen LogP) is 2.04. The first-order valence-corrected chi connectivity index (χ1v) is 8.48. The first-order chi connectivity index (χ1) is 10.2. The van der Waals surface area contributed by atoms with Gasteiger partial charge in [-0.15, -0.1) is 23.7 Å². The summed E-state index contributed by atoms with van der Waals surface area (Å²) >= 11 is 3.37. The van der Waals surface area contributed by atoms with Crippen molar-refractivity contribution in [1.82, 2.24) is 15.6 Å². The topological polar surface area (TPSA) is 80.1 Å². The molecular formula is C13H18N4O2S2. The maximum Gasteiger partial charge on any atom is 0.274 e. The van der Waals surface area contributed by atoms with Gasteiger partial charge in [0.05, 0.1) is 4.92 Å². The number of terminal acetylenes is 1. The Labute approximate surface area is 132 Å². The van der Waals surface area contributed by atoms with Crippen molar-refractivity contribution < 1.29 is 4.92 Å². The van der Waals surface area contributed by atoms with Crippen LogP contribution < -0.4 is 10.6 Å². The number of hydrogen-bond acceptors (Lipinski definition) is 7. The summed E-state index contributed by atoms with van der Waals surface area (Å²) < 4.78 is 0. The van der Waals surface area contributed by atoms with Gasteiger partial charge >= 0.3 is 0 Å². The highest BCUT2D eigenvalue weighted by Crippen LogP contribution is 2.13. The molecule has 0 unspecified atom stereocenters. The summed E-state index contributed by atoms with van der Waals surface area (Å²) in [6, 6.07) is 0. The Morgan fingerprint density at radius 1 is 1.57 bits per heavy atom. The van der Waals surface area contributed by atoms with E-state index in [0.29, 0.717) is 25.3 Å². The molecule has 1 aromatic rings. The van der Waals surface area contributed by atoms with Gasteiger partial charge in [0.1, 0.15) is 5.01 Å². The molecule has 21 heavy (non-hydrogen) atoms. The van der Waals surface area contributed by atoms with E-state index in [1.165, 1.54) is 0 Å². The number of nitrogens with zero attached hydrogens (tertiary/aromatic N) is 2. The van der Waals surface area contributed by atoms with E-state index in [9.17, 15) is 10.1 Å². The van der Waals surface area contributed by atoms with E-state index < -0.39 is 4.92 Å². The molecule has 0 aliphatic heterocycles. The molecule has 0 aromatic carbocycles. The molecule has 0 spiro atoms. The lowest BCUT2D eigenvalue weighted by Crippen LogP contribution is -2.29. The molecule has 0 radical (unpaired) electrons. The third-order valence-corrected chi connectivity index (χ3v) is 4.25. The number of rotatable bonds is 11. The Bertz CT molecular complexity index is 483. The Kier molecular flexibility index (Phi) is 9.08. The van der Waals surface area contributed by atoms with Crippen LogP contribution in [0.1, 0.15) is 17.8 Å². The van der Waals surface area contributed by atoms with Gasteiger partial charge in [0, 0.05) is 42.6 Å². The van der Waals surface area contributed by atoms with Crippen molar-refractivity contribution in [2.24, 2.45) is 0 Å². The van der Waals surface area contributed by atoms with Crippen molar-refractivity contribution in [2.45, 2.75) is 18.6 Å². The maximum absolute atomic E-state index is 10.5. The van der Waals surface area contributed by atoms with E-state index in [0.717, 1.165) is 29.1 Å². The molecule has 0 saturated carbocycles. The van der Waals surface area contributed by atoms with E-state index >= 15 is 0 Å². The number of thioether (sulfide) groups is 1. The van der Waals surface area contributed by atoms with E-state index in [2.05, 4.69) is 21.5 Å². The van der Waals surface area contributed by atoms with Gasteiger partial charge in [-0.3, -0.25) is 10.1 Å². The van der Waals surface area contributed by atoms with Gasteiger partial charge in [-0.1, -0.05) is 0 Å². The summed E-state index contributed by atoms with van der Waals surface area (Å²) in [6.07, 6.45) is 9.33. The summed E-state index contributed by atoms with van der Waals surface area (Å²) in [4.78, 5) is 14.3. The lowest BCUT2D eigenvalue weighted by Gasteiger charge is -2.10. The molecule has 0 fully saturated rings. The molecule has 0 atom stereocenters. The fourth-order valence-corrected chi connectivity index (χ4v) is 2.98. The second kappa shape index (κ2) is 11.0. The van der Waals surface area contributed by atoms with Crippen LogP contribution in [-0.2, 0) is 5.75 Å². The van der Waals surface area contributed by atoms with Gasteiger partial charge in [0.2, 0.25) is 0 Å². The molecular weight excluding hydrogens is 308 g/mol. The SMILES string of the molecule is C#CCCCN/C(=C/[N+](=O)[O-])NCCSCc1nccs1. The molecule has 0 aliphatic rings. The molecule has 1 heterocycles. The highest BCUT2D eigenvalue weighted by molar-refractivity contribution is 7.98. The zero-order valence-corrected chi connectivity index (χ0v) is 13.2. The zero-order valence-electron chi connectivity index (χ0n) is 11.6. The molecule has 0 bridgehead atoms. The minimum atomic E-state index is -0.473. The van der Waals surface area contributed by atoms with Gasteiger partial charge in [-0.05, 0) is 6.42 Å². The molecule has 2 N–H and O–H groups in total. The number of unbranched alkanes of at least 4 members (excludes halogenated alkanes) is 1. The monoisotopic (exact) mass is 326 g/mol. The fraction of sp³-hybridized carbons (Fsp3) is 0.462. The molecule has 6 nitrogen and oxygen atoms in total. The van der Waals surface area contributed by atoms with Crippen LogP contribution in [0, 0.1) is 22.5 Å². The first-order valence-electron chi connectivity index (χ1n) is 6.45. The number of nitrogens with one attached hydrogen (secondary N) is 2. The average molecular weight is 326 g/mol. The Hall–Kier alpha value is -1.72. The summed E-state index contributed by atoms with van der Waals surface area (Å²) in [5, 5.41) is 19.6. The van der Waals surface area contributed by atoms with Crippen LogP contribution in [0.2, 0.25) is 0 Å². The predicted molar refractivity (Wildman–Crippen MR) is 87.4 cm³/mol. The average Bonchev–Trinajstić information content (AvgIpc) is 2.95. The number of nitro groups is 1. The van der Waals surface area contributed by atoms with Crippen molar-refractivity contribution in [2.75, 3.05) is 18.8 Å². The highest BCUT2D eigenvalue weighted by Gasteiger charge is 2.02. The minimum Gasteiger partial charge on any atom is -0.367 e. The van der Waals surface area contributed by atoms with Crippen LogP contribution in [0.25, 0.3) is 0 Å². The van der Waals surface area contributed by atoms with Crippen LogP contribution in [0.4, 0.5) is 0 Å². The highest BCUT2D eigenvalue weighted by atomic mass is 32.2. The summed E-state index contributed by atoms with van der Waals surface area (Å²) in [7, 11) is 0. The molecule has 8 heteroatoms. The molecule has 1 rings (SSSR count). The normalized spacial score (nSPS) is 10.9. The third kappa shape index (κ3) is 8.94. The lowest BCUT2D eigenvalue weighted by atomic mass is 10.3. The smallest absolute Gasteiger partial charge is 0.274 e. The van der Waals surface area contributed by atoms with Gasteiger partial charge in [-0.2, -0.15) is 11.8 Å². The number of hydrogen-bond donors (Lipinski definition) is 2. The molecule has 0 saturated heterocycles. The van der Waals surface area contributed by atoms with E-state index in [1.807, 2.05) is 5.38 Å². The zero-order chi connectivity index (χ0) is 15.3. The van der Waals surface area contributed by atoms with Crippen LogP contribution in [0.3, 0.4) is 0 Å². The Morgan fingerprint density at radius 3 is 3.05 bits per heavy atom. The van der Waals surface area contributed by atoms with Gasteiger partial charge in [-0.25, -0.2) is 4.98 Å². The Morgan fingerprint density at radius 2 is 2.38 bits per heavy atom. The van der Waals surface area contributed by atoms with Crippen molar-refractivity contribution in [3.8, 4) is 12.3 Å². The Balaban J connectivity index is 2.19. The first kappa shape index (κ1) is 17.3. The quantitative estimate of drug-likeness (QED) is 0.280.